The van der Waals surface area contributed by atoms with Gasteiger partial charge in [0.1, 0.15) is 17.6 Å². The molecule has 0 aliphatic carbocycles. The number of nitrogens with zero attached hydrogens (tertiary/aromatic N) is 2. The van der Waals surface area contributed by atoms with Gasteiger partial charge in [0.2, 0.25) is 5.91 Å². The van der Waals surface area contributed by atoms with Crippen LogP contribution in [0.15, 0.2) is 17.1 Å². The Morgan fingerprint density at radius 2 is 2.13 bits per heavy atom. The van der Waals surface area contributed by atoms with Gasteiger partial charge in [0, 0.05) is 44.8 Å². The molecule has 31 heavy (non-hydrogen) atoms. The number of benzene rings is 1. The largest absolute Gasteiger partial charge is 0.494 e. The van der Waals surface area contributed by atoms with E-state index < -0.39 is 0 Å². The van der Waals surface area contributed by atoms with E-state index in [1.807, 2.05) is 13.0 Å². The second-order valence-corrected chi connectivity index (χ2v) is 7.96. The van der Waals surface area contributed by atoms with Crippen molar-refractivity contribution in [2.24, 2.45) is 4.99 Å². The van der Waals surface area contributed by atoms with Crippen molar-refractivity contribution in [3.8, 4) is 11.5 Å². The molecule has 2 heterocycles. The summed E-state index contributed by atoms with van der Waals surface area (Å²) in [5.41, 5.74) is 2.13. The smallest absolute Gasteiger partial charge is 0.241 e. The van der Waals surface area contributed by atoms with Crippen LogP contribution in [0.3, 0.4) is 0 Å². The van der Waals surface area contributed by atoms with Crippen LogP contribution >= 0.6 is 24.0 Å². The Hall–Kier alpha value is -1.75. The van der Waals surface area contributed by atoms with Gasteiger partial charge in [-0.25, -0.2) is 4.99 Å². The number of halogens is 1. The first-order chi connectivity index (χ1) is 14.5. The highest BCUT2D eigenvalue weighted by Gasteiger charge is 2.22. The van der Waals surface area contributed by atoms with E-state index in [1.165, 1.54) is 5.56 Å². The number of fused-ring (bicyclic) bond motifs is 1. The van der Waals surface area contributed by atoms with Crippen LogP contribution in [0.2, 0.25) is 0 Å². The Morgan fingerprint density at radius 3 is 2.81 bits per heavy atom. The van der Waals surface area contributed by atoms with E-state index in [0.29, 0.717) is 25.7 Å². The van der Waals surface area contributed by atoms with Crippen molar-refractivity contribution in [1.82, 2.24) is 15.5 Å². The average molecular weight is 546 g/mol. The molecule has 0 radical (unpaired) electrons. The van der Waals surface area contributed by atoms with Crippen molar-refractivity contribution in [1.29, 1.82) is 0 Å². The molecule has 174 valence electrons. The highest BCUT2D eigenvalue weighted by atomic mass is 127. The second kappa shape index (κ2) is 12.3. The number of aliphatic imine (C=N–C) groups is 1. The Labute approximate surface area is 202 Å². The lowest BCUT2D eigenvalue weighted by Gasteiger charge is -2.17. The first-order valence-corrected chi connectivity index (χ1v) is 10.8. The third-order valence-electron chi connectivity index (χ3n) is 5.21. The number of carbonyl (C=O) groups excluding carboxylic acids is 1. The molecule has 1 aromatic rings. The highest BCUT2D eigenvalue weighted by molar-refractivity contribution is 14.0. The van der Waals surface area contributed by atoms with Crippen molar-refractivity contribution in [2.75, 3.05) is 40.4 Å². The Balaban J connectivity index is 0.00000341. The van der Waals surface area contributed by atoms with Crippen LogP contribution in [-0.4, -0.2) is 69.4 Å². The summed E-state index contributed by atoms with van der Waals surface area (Å²) in [6.07, 6.45) is 3.36. The van der Waals surface area contributed by atoms with Gasteiger partial charge in [-0.1, -0.05) is 0 Å². The summed E-state index contributed by atoms with van der Waals surface area (Å²) in [7, 11) is 3.47. The molecule has 1 aromatic carbocycles. The average Bonchev–Trinajstić information content (AvgIpc) is 3.35. The van der Waals surface area contributed by atoms with Crippen LogP contribution in [0.1, 0.15) is 37.8 Å². The molecule has 1 fully saturated rings. The maximum Gasteiger partial charge on any atom is 0.241 e. The number of likely N-dealkylation sites (N-methyl/N-ethyl adjacent to an activating group) is 1. The van der Waals surface area contributed by atoms with Gasteiger partial charge in [-0.3, -0.25) is 4.79 Å². The summed E-state index contributed by atoms with van der Waals surface area (Å²) in [5.74, 6) is 2.30. The lowest BCUT2D eigenvalue weighted by atomic mass is 10.1. The van der Waals surface area contributed by atoms with E-state index in [1.54, 1.807) is 19.0 Å². The van der Waals surface area contributed by atoms with Gasteiger partial charge >= 0.3 is 0 Å². The first-order valence-electron chi connectivity index (χ1n) is 10.8. The molecule has 3 rings (SSSR count). The third-order valence-corrected chi connectivity index (χ3v) is 5.21. The summed E-state index contributed by atoms with van der Waals surface area (Å²) < 4.78 is 17.4. The molecule has 0 aromatic heterocycles. The monoisotopic (exact) mass is 546 g/mol. The van der Waals surface area contributed by atoms with E-state index in [4.69, 9.17) is 19.2 Å². The van der Waals surface area contributed by atoms with Crippen molar-refractivity contribution in [3.05, 3.63) is 23.3 Å². The molecule has 0 spiro atoms. The van der Waals surface area contributed by atoms with Crippen LogP contribution in [0.4, 0.5) is 0 Å². The summed E-state index contributed by atoms with van der Waals surface area (Å²) >= 11 is 0. The SMILES string of the molecule is CCOc1cc2c(cc1CN=C(NCC(=O)N(C)C)NCC1CCCO1)OC(C)C2.I. The molecule has 9 heteroatoms. The number of nitrogens with one attached hydrogen (secondary N) is 2. The molecule has 2 aliphatic rings. The van der Waals surface area contributed by atoms with Crippen LogP contribution in [0, 0.1) is 0 Å². The first kappa shape index (κ1) is 25.5. The number of ether oxygens (including phenoxy) is 3. The van der Waals surface area contributed by atoms with E-state index in [-0.39, 0.29) is 48.6 Å². The van der Waals surface area contributed by atoms with Crippen molar-refractivity contribution < 1.29 is 19.0 Å². The van der Waals surface area contributed by atoms with Gasteiger partial charge in [-0.15, -0.1) is 24.0 Å². The summed E-state index contributed by atoms with van der Waals surface area (Å²) in [6.45, 7) is 6.68. The van der Waals surface area contributed by atoms with Crippen LogP contribution < -0.4 is 20.1 Å². The Bertz CT molecular complexity index is 766. The molecule has 8 nitrogen and oxygen atoms in total. The van der Waals surface area contributed by atoms with Gasteiger partial charge in [0.25, 0.3) is 0 Å². The molecule has 2 atom stereocenters. The number of carbonyl (C=O) groups is 1. The third kappa shape index (κ3) is 7.41. The van der Waals surface area contributed by atoms with Crippen LogP contribution in [-0.2, 0) is 22.5 Å². The fraction of sp³-hybridized carbons (Fsp3) is 0.636. The number of guanidine groups is 1. The molecule has 2 unspecified atom stereocenters. The molecule has 0 saturated carbocycles. The van der Waals surface area contributed by atoms with E-state index in [0.717, 1.165) is 42.9 Å². The number of hydrogen-bond acceptors (Lipinski definition) is 5. The summed E-state index contributed by atoms with van der Waals surface area (Å²) in [6, 6.07) is 4.09. The molecular weight excluding hydrogens is 511 g/mol. The van der Waals surface area contributed by atoms with Crippen LogP contribution in [0.25, 0.3) is 0 Å². The standard InChI is InChI=1S/C22H34N4O4.HI/c1-5-28-19-10-16-9-15(2)30-20(16)11-17(19)12-23-22(25-14-21(27)26(3)4)24-13-18-7-6-8-29-18;/h10-11,15,18H,5-9,12-14H2,1-4H3,(H2,23,24,25);1H. The number of rotatable bonds is 8. The van der Waals surface area contributed by atoms with Crippen molar-refractivity contribution >= 4 is 35.8 Å². The molecule has 0 bridgehead atoms. The van der Waals surface area contributed by atoms with E-state index in [2.05, 4.69) is 23.6 Å². The minimum Gasteiger partial charge on any atom is -0.494 e. The van der Waals surface area contributed by atoms with E-state index >= 15 is 0 Å². The molecule has 1 saturated heterocycles. The molecule has 2 N–H and O–H groups in total. The van der Waals surface area contributed by atoms with Crippen molar-refractivity contribution in [3.63, 3.8) is 0 Å². The predicted octanol–water partition coefficient (Wildman–Crippen LogP) is 2.33. The van der Waals surface area contributed by atoms with Gasteiger partial charge in [0.05, 0.1) is 25.8 Å². The maximum absolute atomic E-state index is 12.0. The molecule has 2 aliphatic heterocycles. The molecule has 1 amide bonds. The zero-order valence-corrected chi connectivity index (χ0v) is 21.2. The minimum atomic E-state index is -0.0171. The summed E-state index contributed by atoms with van der Waals surface area (Å²) in [5, 5.41) is 6.43. The van der Waals surface area contributed by atoms with Gasteiger partial charge in [-0.2, -0.15) is 0 Å². The van der Waals surface area contributed by atoms with Gasteiger partial charge in [0.15, 0.2) is 5.96 Å². The number of amides is 1. The summed E-state index contributed by atoms with van der Waals surface area (Å²) in [4.78, 5) is 18.3. The fourth-order valence-electron chi connectivity index (χ4n) is 3.57. The topological polar surface area (TPSA) is 84.4 Å². The maximum atomic E-state index is 12.0. The van der Waals surface area contributed by atoms with Gasteiger partial charge in [-0.05, 0) is 38.8 Å². The normalized spacial score (nSPS) is 19.8. The Kier molecular flexibility index (Phi) is 10.1. The molecular formula is C22H35IN4O4. The van der Waals surface area contributed by atoms with Crippen LogP contribution in [0.5, 0.6) is 11.5 Å². The highest BCUT2D eigenvalue weighted by Crippen LogP contribution is 2.35. The number of hydrogen-bond donors (Lipinski definition) is 2. The lowest BCUT2D eigenvalue weighted by molar-refractivity contribution is -0.127. The zero-order chi connectivity index (χ0) is 21.5. The lowest BCUT2D eigenvalue weighted by Crippen LogP contribution is -2.45. The predicted molar refractivity (Wildman–Crippen MR) is 132 cm³/mol. The quantitative estimate of drug-likeness (QED) is 0.296. The van der Waals surface area contributed by atoms with E-state index in [9.17, 15) is 4.79 Å². The fourth-order valence-corrected chi connectivity index (χ4v) is 3.57. The van der Waals surface area contributed by atoms with Crippen molar-refractivity contribution in [2.45, 2.75) is 51.9 Å². The zero-order valence-electron chi connectivity index (χ0n) is 18.9. The second-order valence-electron chi connectivity index (χ2n) is 7.96. The Morgan fingerprint density at radius 1 is 1.32 bits per heavy atom. The van der Waals surface area contributed by atoms with Gasteiger partial charge < -0.3 is 29.7 Å². The minimum absolute atomic E-state index is 0.